The predicted octanol–water partition coefficient (Wildman–Crippen LogP) is 2.86. The van der Waals surface area contributed by atoms with E-state index >= 15 is 0 Å². The molecule has 0 aliphatic carbocycles. The number of nitrogens with two attached hydrogens (primary N) is 1. The summed E-state index contributed by atoms with van der Waals surface area (Å²) in [7, 11) is 0. The first-order valence-corrected chi connectivity index (χ1v) is 6.42. The molecule has 1 amide bonds. The van der Waals surface area contributed by atoms with Crippen LogP contribution in [0, 0.1) is 0 Å². The molecule has 0 saturated carbocycles. The zero-order valence-electron chi connectivity index (χ0n) is 10.9. The van der Waals surface area contributed by atoms with E-state index in [1.54, 1.807) is 0 Å². The second-order valence-electron chi connectivity index (χ2n) is 4.68. The summed E-state index contributed by atoms with van der Waals surface area (Å²) < 4.78 is 1.91. The number of amides is 1. The molecule has 3 rings (SSSR count). The van der Waals surface area contributed by atoms with E-state index in [1.807, 2.05) is 65.4 Å². The molecular formula is C16H15N3O. The largest absolute Gasteiger partial charge is 0.399 e. The molecule has 0 aliphatic rings. The molecule has 0 unspecified atom stereocenters. The Morgan fingerprint density at radius 2 is 1.90 bits per heavy atom. The molecule has 0 spiro atoms. The minimum Gasteiger partial charge on any atom is -0.399 e. The van der Waals surface area contributed by atoms with Crippen LogP contribution in [0.2, 0.25) is 0 Å². The third-order valence-corrected chi connectivity index (χ3v) is 3.17. The van der Waals surface area contributed by atoms with Crippen LogP contribution < -0.4 is 11.1 Å². The number of nitrogen functional groups attached to an aromatic ring is 1. The van der Waals surface area contributed by atoms with Crippen LogP contribution >= 0.6 is 0 Å². The molecule has 0 fully saturated rings. The van der Waals surface area contributed by atoms with Gasteiger partial charge in [-0.3, -0.25) is 4.79 Å². The van der Waals surface area contributed by atoms with Gasteiger partial charge in [0.2, 0.25) is 5.91 Å². The standard InChI is InChI=1S/C16H15N3O/c17-13-6-7-15-12(10-13)8-9-19(15)11-16(20)18-14-4-2-1-3-5-14/h1-10H,11,17H2,(H,18,20). The van der Waals surface area contributed by atoms with Gasteiger partial charge in [0.15, 0.2) is 0 Å². The van der Waals surface area contributed by atoms with E-state index < -0.39 is 0 Å². The van der Waals surface area contributed by atoms with Crippen molar-refractivity contribution in [3.63, 3.8) is 0 Å². The summed E-state index contributed by atoms with van der Waals surface area (Å²) in [5.41, 5.74) is 8.28. The summed E-state index contributed by atoms with van der Waals surface area (Å²) in [6.07, 6.45) is 1.90. The van der Waals surface area contributed by atoms with Crippen molar-refractivity contribution in [3.05, 3.63) is 60.8 Å². The number of benzene rings is 2. The molecule has 3 aromatic rings. The monoisotopic (exact) mass is 265 g/mol. The third kappa shape index (κ3) is 2.49. The van der Waals surface area contributed by atoms with Gasteiger partial charge in [-0.2, -0.15) is 0 Å². The minimum atomic E-state index is -0.0504. The van der Waals surface area contributed by atoms with E-state index in [0.29, 0.717) is 0 Å². The van der Waals surface area contributed by atoms with Crippen LogP contribution in [-0.2, 0) is 11.3 Å². The van der Waals surface area contributed by atoms with Crippen LogP contribution in [-0.4, -0.2) is 10.5 Å². The lowest BCUT2D eigenvalue weighted by Crippen LogP contribution is -2.18. The van der Waals surface area contributed by atoms with Gasteiger partial charge < -0.3 is 15.6 Å². The molecule has 100 valence electrons. The molecule has 4 heteroatoms. The van der Waals surface area contributed by atoms with Gasteiger partial charge in [-0.1, -0.05) is 18.2 Å². The lowest BCUT2D eigenvalue weighted by Gasteiger charge is -2.07. The fourth-order valence-electron chi connectivity index (χ4n) is 2.23. The third-order valence-electron chi connectivity index (χ3n) is 3.17. The second-order valence-corrected chi connectivity index (χ2v) is 4.68. The highest BCUT2D eigenvalue weighted by molar-refractivity contribution is 5.92. The molecule has 4 nitrogen and oxygen atoms in total. The second kappa shape index (κ2) is 5.09. The van der Waals surface area contributed by atoms with Crippen molar-refractivity contribution in [2.24, 2.45) is 0 Å². The van der Waals surface area contributed by atoms with Gasteiger partial charge in [0, 0.05) is 28.5 Å². The molecule has 0 bridgehead atoms. The quantitative estimate of drug-likeness (QED) is 0.715. The van der Waals surface area contributed by atoms with E-state index in [9.17, 15) is 4.79 Å². The van der Waals surface area contributed by atoms with Crippen molar-refractivity contribution in [2.75, 3.05) is 11.1 Å². The number of carbonyl (C=O) groups is 1. The Hall–Kier alpha value is -2.75. The zero-order chi connectivity index (χ0) is 13.9. The highest BCUT2D eigenvalue weighted by Crippen LogP contribution is 2.18. The number of fused-ring (bicyclic) bond motifs is 1. The number of hydrogen-bond donors (Lipinski definition) is 2. The topological polar surface area (TPSA) is 60.0 Å². The van der Waals surface area contributed by atoms with Crippen LogP contribution in [0.1, 0.15) is 0 Å². The van der Waals surface area contributed by atoms with Crippen molar-refractivity contribution in [2.45, 2.75) is 6.54 Å². The van der Waals surface area contributed by atoms with Gasteiger partial charge in [-0.15, -0.1) is 0 Å². The first-order chi connectivity index (χ1) is 9.72. The van der Waals surface area contributed by atoms with Crippen LogP contribution in [0.25, 0.3) is 10.9 Å². The molecule has 0 atom stereocenters. The molecule has 2 aromatic carbocycles. The molecule has 0 aliphatic heterocycles. The maximum absolute atomic E-state index is 12.0. The zero-order valence-corrected chi connectivity index (χ0v) is 10.9. The van der Waals surface area contributed by atoms with Crippen molar-refractivity contribution in [1.82, 2.24) is 4.57 Å². The van der Waals surface area contributed by atoms with Crippen LogP contribution in [0.5, 0.6) is 0 Å². The summed E-state index contributed by atoms with van der Waals surface area (Å²) in [4.78, 5) is 12.0. The average Bonchev–Trinajstić information content (AvgIpc) is 2.82. The Morgan fingerprint density at radius 3 is 2.70 bits per heavy atom. The molecule has 20 heavy (non-hydrogen) atoms. The number of para-hydroxylation sites is 1. The number of hydrogen-bond acceptors (Lipinski definition) is 2. The normalized spacial score (nSPS) is 10.6. The molecule has 0 radical (unpaired) electrons. The van der Waals surface area contributed by atoms with E-state index in [-0.39, 0.29) is 12.5 Å². The Balaban J connectivity index is 1.78. The summed E-state index contributed by atoms with van der Waals surface area (Å²) in [5, 5.41) is 3.91. The minimum absolute atomic E-state index is 0.0504. The Labute approximate surface area is 116 Å². The number of nitrogens with one attached hydrogen (secondary N) is 1. The van der Waals surface area contributed by atoms with Crippen LogP contribution in [0.4, 0.5) is 11.4 Å². The Kier molecular flexibility index (Phi) is 3.13. The fraction of sp³-hybridized carbons (Fsp3) is 0.0625. The SMILES string of the molecule is Nc1ccc2c(ccn2CC(=O)Nc2ccccc2)c1. The van der Waals surface area contributed by atoms with Crippen molar-refractivity contribution < 1.29 is 4.79 Å². The molecular weight excluding hydrogens is 250 g/mol. The summed E-state index contributed by atoms with van der Waals surface area (Å²) in [6, 6.07) is 17.1. The molecule has 0 saturated heterocycles. The van der Waals surface area contributed by atoms with E-state index in [4.69, 9.17) is 5.73 Å². The lowest BCUT2D eigenvalue weighted by atomic mass is 10.2. The number of aromatic nitrogens is 1. The molecule has 3 N–H and O–H groups in total. The maximum atomic E-state index is 12.0. The van der Waals surface area contributed by atoms with Gasteiger partial charge in [0.25, 0.3) is 0 Å². The van der Waals surface area contributed by atoms with Gasteiger partial charge in [0.05, 0.1) is 0 Å². The summed E-state index contributed by atoms with van der Waals surface area (Å²) in [6.45, 7) is 0.280. The molecule has 1 aromatic heterocycles. The van der Waals surface area contributed by atoms with Gasteiger partial charge in [-0.25, -0.2) is 0 Å². The fourth-order valence-corrected chi connectivity index (χ4v) is 2.23. The Morgan fingerprint density at radius 1 is 1.10 bits per heavy atom. The van der Waals surface area contributed by atoms with E-state index in [1.165, 1.54) is 0 Å². The van der Waals surface area contributed by atoms with Crippen LogP contribution in [0.3, 0.4) is 0 Å². The van der Waals surface area contributed by atoms with Crippen molar-refractivity contribution in [1.29, 1.82) is 0 Å². The summed E-state index contributed by atoms with van der Waals surface area (Å²) in [5.74, 6) is -0.0504. The van der Waals surface area contributed by atoms with E-state index in [0.717, 1.165) is 22.3 Å². The highest BCUT2D eigenvalue weighted by atomic mass is 16.1. The van der Waals surface area contributed by atoms with Crippen LogP contribution in [0.15, 0.2) is 60.8 Å². The molecule has 1 heterocycles. The van der Waals surface area contributed by atoms with Crippen molar-refractivity contribution >= 4 is 28.2 Å². The van der Waals surface area contributed by atoms with E-state index in [2.05, 4.69) is 5.32 Å². The predicted molar refractivity (Wildman–Crippen MR) is 81.4 cm³/mol. The number of rotatable bonds is 3. The smallest absolute Gasteiger partial charge is 0.244 e. The lowest BCUT2D eigenvalue weighted by molar-refractivity contribution is -0.116. The highest BCUT2D eigenvalue weighted by Gasteiger charge is 2.06. The number of nitrogens with zero attached hydrogens (tertiary/aromatic N) is 1. The summed E-state index contributed by atoms with van der Waals surface area (Å²) >= 11 is 0. The number of carbonyl (C=O) groups excluding carboxylic acids is 1. The van der Waals surface area contributed by atoms with Gasteiger partial charge >= 0.3 is 0 Å². The average molecular weight is 265 g/mol. The van der Waals surface area contributed by atoms with Gasteiger partial charge in [0.1, 0.15) is 6.54 Å². The van der Waals surface area contributed by atoms with Crippen molar-refractivity contribution in [3.8, 4) is 0 Å². The number of anilines is 2. The first-order valence-electron chi connectivity index (χ1n) is 6.42. The Bertz CT molecular complexity index is 747. The maximum Gasteiger partial charge on any atom is 0.244 e. The first kappa shape index (κ1) is 12.3. The van der Waals surface area contributed by atoms with Gasteiger partial charge in [-0.05, 0) is 36.4 Å².